The maximum absolute atomic E-state index is 13.7. The minimum atomic E-state index is -3.90. The molecule has 1 saturated carbocycles. The molecule has 1 amide bonds. The van der Waals surface area contributed by atoms with Gasteiger partial charge in [0.15, 0.2) is 0 Å². The minimum absolute atomic E-state index is 0.125. The summed E-state index contributed by atoms with van der Waals surface area (Å²) in [6, 6.07) is 24.7. The smallest absolute Gasteiger partial charge is 0.264 e. The largest absolute Gasteiger partial charge is 0.351 e. The van der Waals surface area contributed by atoms with Gasteiger partial charge in [0.2, 0.25) is 0 Å². The van der Waals surface area contributed by atoms with Crippen LogP contribution in [0.5, 0.6) is 0 Å². The summed E-state index contributed by atoms with van der Waals surface area (Å²) in [6.45, 7) is 0.679. The maximum atomic E-state index is 13.7. The Kier molecular flexibility index (Phi) is 8.29. The second kappa shape index (κ2) is 11.6. The molecule has 0 aromatic heterocycles. The zero-order valence-electron chi connectivity index (χ0n) is 19.1. The lowest BCUT2D eigenvalue weighted by molar-refractivity contribution is 0.0957. The first-order valence-electron chi connectivity index (χ1n) is 11.7. The molecular weight excluding hydrogens is 464 g/mol. The number of anilines is 1. The van der Waals surface area contributed by atoms with E-state index >= 15 is 0 Å². The topological polar surface area (TPSA) is 66.5 Å². The summed E-state index contributed by atoms with van der Waals surface area (Å²) in [6.07, 6.45) is 5.11. The molecule has 4 rings (SSSR count). The van der Waals surface area contributed by atoms with Crippen LogP contribution in [0.1, 0.15) is 41.6 Å². The highest BCUT2D eigenvalue weighted by Crippen LogP contribution is 2.30. The van der Waals surface area contributed by atoms with Gasteiger partial charge >= 0.3 is 0 Å². The van der Waals surface area contributed by atoms with Crippen molar-refractivity contribution in [2.24, 2.45) is 0 Å². The Morgan fingerprint density at radius 1 is 0.882 bits per heavy atom. The fourth-order valence-electron chi connectivity index (χ4n) is 4.19. The van der Waals surface area contributed by atoms with Gasteiger partial charge in [0.1, 0.15) is 0 Å². The predicted molar refractivity (Wildman–Crippen MR) is 140 cm³/mol. The Hall–Kier alpha value is -2.77. The summed E-state index contributed by atoms with van der Waals surface area (Å²) in [5.74, 6) is 0.596. The van der Waals surface area contributed by atoms with Crippen LogP contribution in [0.25, 0.3) is 0 Å². The number of nitrogens with zero attached hydrogens (tertiary/aromatic N) is 1. The van der Waals surface area contributed by atoms with Crippen LogP contribution in [0.15, 0.2) is 89.8 Å². The Morgan fingerprint density at radius 3 is 2.21 bits per heavy atom. The first-order valence-corrected chi connectivity index (χ1v) is 14.1. The number of benzene rings is 3. The fraction of sp³-hybridized carbons (Fsp3) is 0.296. The standard InChI is InChI=1S/C27H30N2O3S2/c30-27(28-19-20-33-23-13-7-8-14-23)25-17-9-10-18-26(25)29(21-22-11-3-1-4-12-22)34(31,32)24-15-5-2-6-16-24/h1-6,9-12,15-18,23H,7-8,13-14,19-21H2,(H,28,30). The number of sulfonamides is 1. The zero-order chi connectivity index (χ0) is 23.8. The van der Waals surface area contributed by atoms with E-state index in [9.17, 15) is 13.2 Å². The number of carbonyl (C=O) groups is 1. The average molecular weight is 495 g/mol. The van der Waals surface area contributed by atoms with Gasteiger partial charge in [0, 0.05) is 17.5 Å². The molecule has 0 unspecified atom stereocenters. The third-order valence-electron chi connectivity index (χ3n) is 5.96. The van der Waals surface area contributed by atoms with Gasteiger partial charge < -0.3 is 5.32 Å². The summed E-state index contributed by atoms with van der Waals surface area (Å²) in [4.78, 5) is 13.3. The number of carbonyl (C=O) groups excluding carboxylic acids is 1. The second-order valence-corrected chi connectivity index (χ2v) is 11.6. The summed E-state index contributed by atoms with van der Waals surface area (Å²) < 4.78 is 28.8. The van der Waals surface area contributed by atoms with Gasteiger partial charge in [-0.15, -0.1) is 0 Å². The normalized spacial score (nSPS) is 14.1. The Labute approximate surface area is 206 Å². The number of hydrogen-bond acceptors (Lipinski definition) is 4. The molecule has 178 valence electrons. The van der Waals surface area contributed by atoms with E-state index in [1.807, 2.05) is 42.1 Å². The SMILES string of the molecule is O=C(NCCSC1CCCC1)c1ccccc1N(Cc1ccccc1)S(=O)(=O)c1ccccc1. The molecule has 1 aliphatic carbocycles. The van der Waals surface area contributed by atoms with E-state index in [-0.39, 0.29) is 17.3 Å². The lowest BCUT2D eigenvalue weighted by Gasteiger charge is -2.26. The fourth-order valence-corrected chi connectivity index (χ4v) is 6.90. The molecule has 5 nitrogen and oxygen atoms in total. The van der Waals surface area contributed by atoms with Crippen LogP contribution in [0.4, 0.5) is 5.69 Å². The van der Waals surface area contributed by atoms with Crippen LogP contribution in [0.3, 0.4) is 0 Å². The Bertz CT molecular complexity index is 1180. The van der Waals surface area contributed by atoms with Crippen molar-refractivity contribution in [1.29, 1.82) is 0 Å². The number of amides is 1. The van der Waals surface area contributed by atoms with Crippen molar-refractivity contribution in [2.75, 3.05) is 16.6 Å². The molecule has 0 spiro atoms. The van der Waals surface area contributed by atoms with Crippen molar-refractivity contribution in [3.63, 3.8) is 0 Å². The highest BCUT2D eigenvalue weighted by Gasteiger charge is 2.28. The van der Waals surface area contributed by atoms with Gasteiger partial charge in [-0.05, 0) is 42.7 Å². The highest BCUT2D eigenvalue weighted by molar-refractivity contribution is 7.99. The highest BCUT2D eigenvalue weighted by atomic mass is 32.2. The lowest BCUT2D eigenvalue weighted by atomic mass is 10.1. The van der Waals surface area contributed by atoms with E-state index in [2.05, 4.69) is 5.32 Å². The molecule has 0 aliphatic heterocycles. The van der Waals surface area contributed by atoms with E-state index in [1.165, 1.54) is 30.0 Å². The molecule has 1 N–H and O–H groups in total. The molecule has 3 aromatic rings. The van der Waals surface area contributed by atoms with Crippen LogP contribution < -0.4 is 9.62 Å². The molecule has 1 aliphatic rings. The summed E-state index contributed by atoms with van der Waals surface area (Å²) >= 11 is 1.91. The van der Waals surface area contributed by atoms with Crippen LogP contribution in [0.2, 0.25) is 0 Å². The molecule has 7 heteroatoms. The monoisotopic (exact) mass is 494 g/mol. The molecule has 0 heterocycles. The Morgan fingerprint density at radius 2 is 1.50 bits per heavy atom. The number of para-hydroxylation sites is 1. The van der Waals surface area contributed by atoms with Gasteiger partial charge in [-0.1, -0.05) is 73.5 Å². The Balaban J connectivity index is 1.59. The lowest BCUT2D eigenvalue weighted by Crippen LogP contribution is -2.34. The van der Waals surface area contributed by atoms with E-state index in [1.54, 1.807) is 54.6 Å². The van der Waals surface area contributed by atoms with E-state index in [0.29, 0.717) is 23.0 Å². The number of thioether (sulfide) groups is 1. The summed E-state index contributed by atoms with van der Waals surface area (Å²) in [7, 11) is -3.90. The average Bonchev–Trinajstić information content (AvgIpc) is 3.40. The molecule has 0 radical (unpaired) electrons. The van der Waals surface area contributed by atoms with Gasteiger partial charge in [0.05, 0.1) is 22.7 Å². The zero-order valence-corrected chi connectivity index (χ0v) is 20.7. The number of nitrogens with one attached hydrogen (secondary N) is 1. The van der Waals surface area contributed by atoms with Gasteiger partial charge in [0.25, 0.3) is 15.9 Å². The van der Waals surface area contributed by atoms with Crippen molar-refractivity contribution < 1.29 is 13.2 Å². The summed E-state index contributed by atoms with van der Waals surface area (Å²) in [5, 5.41) is 3.69. The minimum Gasteiger partial charge on any atom is -0.351 e. The molecule has 3 aromatic carbocycles. The van der Waals surface area contributed by atoms with Crippen molar-refractivity contribution in [3.05, 3.63) is 96.1 Å². The molecule has 0 saturated heterocycles. The number of rotatable bonds is 10. The van der Waals surface area contributed by atoms with E-state index in [0.717, 1.165) is 11.3 Å². The van der Waals surface area contributed by atoms with Crippen LogP contribution in [0, 0.1) is 0 Å². The molecule has 1 fully saturated rings. The first-order chi connectivity index (χ1) is 16.6. The molecule has 0 bridgehead atoms. The predicted octanol–water partition coefficient (Wildman–Crippen LogP) is 5.49. The van der Waals surface area contributed by atoms with Crippen LogP contribution >= 0.6 is 11.8 Å². The van der Waals surface area contributed by atoms with Gasteiger partial charge in [-0.2, -0.15) is 11.8 Å². The third kappa shape index (κ3) is 6.02. The van der Waals surface area contributed by atoms with Gasteiger partial charge in [-0.3, -0.25) is 9.10 Å². The quantitative estimate of drug-likeness (QED) is 0.379. The second-order valence-electron chi connectivity index (χ2n) is 8.36. The van der Waals surface area contributed by atoms with E-state index < -0.39 is 10.0 Å². The first kappa shape index (κ1) is 24.4. The van der Waals surface area contributed by atoms with Crippen molar-refractivity contribution in [1.82, 2.24) is 5.32 Å². The number of hydrogen-bond donors (Lipinski definition) is 1. The van der Waals surface area contributed by atoms with Gasteiger partial charge in [-0.25, -0.2) is 8.42 Å². The van der Waals surface area contributed by atoms with E-state index in [4.69, 9.17) is 0 Å². The molecule has 0 atom stereocenters. The van der Waals surface area contributed by atoms with Crippen molar-refractivity contribution >= 4 is 33.4 Å². The van der Waals surface area contributed by atoms with Crippen LogP contribution in [-0.2, 0) is 16.6 Å². The maximum Gasteiger partial charge on any atom is 0.264 e. The molecular formula is C27H30N2O3S2. The van der Waals surface area contributed by atoms with Crippen molar-refractivity contribution in [2.45, 2.75) is 42.4 Å². The van der Waals surface area contributed by atoms with Crippen molar-refractivity contribution in [3.8, 4) is 0 Å². The summed E-state index contributed by atoms with van der Waals surface area (Å²) in [5.41, 5.74) is 1.56. The molecule has 34 heavy (non-hydrogen) atoms. The third-order valence-corrected chi connectivity index (χ3v) is 9.12. The van der Waals surface area contributed by atoms with Crippen LogP contribution in [-0.4, -0.2) is 31.9 Å².